The summed E-state index contributed by atoms with van der Waals surface area (Å²) in [6.07, 6.45) is 1.48. The Labute approximate surface area is 93.2 Å². The average molecular weight is 228 g/mol. The Hall–Kier alpha value is -1.30. The van der Waals surface area contributed by atoms with Crippen molar-refractivity contribution >= 4 is 22.3 Å². The van der Waals surface area contributed by atoms with Crippen LogP contribution in [0.4, 0.5) is 5.13 Å². The third kappa shape index (κ3) is 3.39. The summed E-state index contributed by atoms with van der Waals surface area (Å²) in [5.41, 5.74) is 6.49. The quantitative estimate of drug-likeness (QED) is 0.344. The molecule has 0 amide bonds. The predicted molar refractivity (Wildman–Crippen MR) is 62.8 cm³/mol. The smallest absolute Gasteiger partial charge is 0.185 e. The first kappa shape index (κ1) is 11.8. The van der Waals surface area contributed by atoms with Crippen LogP contribution in [0.2, 0.25) is 0 Å². The average Bonchev–Trinajstić information content (AvgIpc) is 2.73. The second-order valence-electron chi connectivity index (χ2n) is 3.24. The van der Waals surface area contributed by atoms with Crippen molar-refractivity contribution in [1.29, 1.82) is 0 Å². The van der Waals surface area contributed by atoms with Crippen LogP contribution in [0.5, 0.6) is 0 Å². The highest BCUT2D eigenvalue weighted by molar-refractivity contribution is 7.13. The van der Waals surface area contributed by atoms with Gasteiger partial charge in [0, 0.05) is 25.4 Å². The summed E-state index contributed by atoms with van der Waals surface area (Å²) in [4.78, 5) is 6.44. The Morgan fingerprint density at radius 1 is 1.73 bits per heavy atom. The van der Waals surface area contributed by atoms with Gasteiger partial charge in [0.15, 0.2) is 5.13 Å². The maximum atomic E-state index is 8.39. The van der Waals surface area contributed by atoms with Crippen molar-refractivity contribution in [3.05, 3.63) is 11.1 Å². The van der Waals surface area contributed by atoms with E-state index in [2.05, 4.69) is 22.4 Å². The molecule has 5 nitrogen and oxygen atoms in total. The number of nitrogens with two attached hydrogens (primary N) is 1. The molecule has 84 valence electrons. The van der Waals surface area contributed by atoms with Crippen molar-refractivity contribution in [3.8, 4) is 0 Å². The Morgan fingerprint density at radius 3 is 3.00 bits per heavy atom. The van der Waals surface area contributed by atoms with Gasteiger partial charge in [0.25, 0.3) is 0 Å². The summed E-state index contributed by atoms with van der Waals surface area (Å²) < 4.78 is 0. The molecule has 0 aromatic carbocycles. The molecule has 0 aliphatic heterocycles. The van der Waals surface area contributed by atoms with Crippen molar-refractivity contribution in [2.24, 2.45) is 10.9 Å². The number of rotatable bonds is 5. The lowest BCUT2D eigenvalue weighted by atomic mass is 10.4. The monoisotopic (exact) mass is 228 g/mol. The fourth-order valence-electron chi connectivity index (χ4n) is 1.06. The van der Waals surface area contributed by atoms with E-state index >= 15 is 0 Å². The summed E-state index contributed by atoms with van der Waals surface area (Å²) in [7, 11) is 1.95. The van der Waals surface area contributed by atoms with E-state index in [1.807, 2.05) is 11.9 Å². The molecule has 15 heavy (non-hydrogen) atoms. The normalized spacial score (nSPS) is 11.7. The number of aromatic nitrogens is 1. The van der Waals surface area contributed by atoms with Crippen molar-refractivity contribution < 1.29 is 5.21 Å². The van der Waals surface area contributed by atoms with Crippen LogP contribution in [0, 0.1) is 0 Å². The van der Waals surface area contributed by atoms with Gasteiger partial charge in [-0.05, 0) is 6.42 Å². The second-order valence-corrected chi connectivity index (χ2v) is 4.07. The third-order valence-electron chi connectivity index (χ3n) is 2.06. The van der Waals surface area contributed by atoms with Gasteiger partial charge in [0.1, 0.15) is 5.84 Å². The minimum absolute atomic E-state index is 0.245. The van der Waals surface area contributed by atoms with Crippen LogP contribution in [0.1, 0.15) is 19.0 Å². The fraction of sp³-hybridized carbons (Fsp3) is 0.556. The minimum Gasteiger partial charge on any atom is -0.409 e. The topological polar surface area (TPSA) is 74.7 Å². The predicted octanol–water partition coefficient (Wildman–Crippen LogP) is 1.28. The molecule has 0 radical (unpaired) electrons. The Kier molecular flexibility index (Phi) is 4.36. The van der Waals surface area contributed by atoms with E-state index in [9.17, 15) is 0 Å². The lowest BCUT2D eigenvalue weighted by molar-refractivity contribution is 0.317. The molecule has 3 N–H and O–H groups in total. The fourth-order valence-corrected chi connectivity index (χ4v) is 1.96. The van der Waals surface area contributed by atoms with Crippen LogP contribution in [0.3, 0.4) is 0 Å². The summed E-state index contributed by atoms with van der Waals surface area (Å²) >= 11 is 1.61. The van der Waals surface area contributed by atoms with Gasteiger partial charge in [-0.2, -0.15) is 0 Å². The van der Waals surface area contributed by atoms with Crippen LogP contribution < -0.4 is 10.6 Å². The second kappa shape index (κ2) is 5.55. The molecular weight excluding hydrogens is 212 g/mol. The van der Waals surface area contributed by atoms with Gasteiger partial charge < -0.3 is 15.8 Å². The van der Waals surface area contributed by atoms with E-state index in [1.165, 1.54) is 0 Å². The zero-order chi connectivity index (χ0) is 11.3. The molecule has 1 heterocycles. The van der Waals surface area contributed by atoms with Crippen molar-refractivity contribution in [3.63, 3.8) is 0 Å². The standard InChI is InChI=1S/C9H16N4OS/c1-3-7-6-15-9(11-7)13(2)5-4-8(10)12-14/h6,14H,3-5H2,1-2H3,(H2,10,12). The maximum Gasteiger partial charge on any atom is 0.185 e. The first-order valence-electron chi connectivity index (χ1n) is 4.79. The Morgan fingerprint density at radius 2 is 2.47 bits per heavy atom. The molecule has 6 heteroatoms. The molecule has 0 saturated carbocycles. The van der Waals surface area contributed by atoms with Gasteiger partial charge >= 0.3 is 0 Å². The van der Waals surface area contributed by atoms with E-state index in [-0.39, 0.29) is 5.84 Å². The molecule has 0 spiro atoms. The zero-order valence-electron chi connectivity index (χ0n) is 8.97. The molecule has 1 rings (SSSR count). The largest absolute Gasteiger partial charge is 0.409 e. The lowest BCUT2D eigenvalue weighted by Crippen LogP contribution is -2.24. The number of anilines is 1. The van der Waals surface area contributed by atoms with E-state index in [4.69, 9.17) is 10.9 Å². The van der Waals surface area contributed by atoms with Crippen LogP contribution in [0.25, 0.3) is 0 Å². The highest BCUT2D eigenvalue weighted by Crippen LogP contribution is 2.19. The number of amidine groups is 1. The van der Waals surface area contributed by atoms with E-state index in [1.54, 1.807) is 11.3 Å². The molecule has 0 unspecified atom stereocenters. The summed E-state index contributed by atoms with van der Waals surface area (Å²) in [6, 6.07) is 0. The van der Waals surface area contributed by atoms with Crippen LogP contribution >= 0.6 is 11.3 Å². The van der Waals surface area contributed by atoms with E-state index in [0.717, 1.165) is 17.2 Å². The molecule has 0 aliphatic carbocycles. The molecular formula is C9H16N4OS. The first-order valence-corrected chi connectivity index (χ1v) is 5.67. The van der Waals surface area contributed by atoms with Gasteiger partial charge in [-0.15, -0.1) is 11.3 Å². The lowest BCUT2D eigenvalue weighted by Gasteiger charge is -2.14. The molecule has 0 saturated heterocycles. The zero-order valence-corrected chi connectivity index (χ0v) is 9.79. The molecule has 0 bridgehead atoms. The SMILES string of the molecule is CCc1csc(N(C)CCC(N)=NO)n1. The van der Waals surface area contributed by atoms with E-state index in [0.29, 0.717) is 13.0 Å². The molecule has 1 aromatic heterocycles. The summed E-state index contributed by atoms with van der Waals surface area (Å²) in [5.74, 6) is 0.245. The van der Waals surface area contributed by atoms with Crippen LogP contribution in [-0.4, -0.2) is 29.6 Å². The maximum absolute atomic E-state index is 8.39. The van der Waals surface area contributed by atoms with E-state index < -0.39 is 0 Å². The van der Waals surface area contributed by atoms with Gasteiger partial charge in [0.05, 0.1) is 5.69 Å². The van der Waals surface area contributed by atoms with Crippen molar-refractivity contribution in [2.45, 2.75) is 19.8 Å². The van der Waals surface area contributed by atoms with Gasteiger partial charge in [0.2, 0.25) is 0 Å². The number of nitrogens with zero attached hydrogens (tertiary/aromatic N) is 3. The number of hydrogen-bond acceptors (Lipinski definition) is 5. The molecule has 1 aromatic rings. The Balaban J connectivity index is 2.49. The Bertz CT molecular complexity index is 337. The molecule has 0 aliphatic rings. The van der Waals surface area contributed by atoms with Crippen molar-refractivity contribution in [2.75, 3.05) is 18.5 Å². The van der Waals surface area contributed by atoms with Gasteiger partial charge in [-0.1, -0.05) is 12.1 Å². The first-order chi connectivity index (χ1) is 7.17. The third-order valence-corrected chi connectivity index (χ3v) is 3.06. The number of aryl methyl sites for hydroxylation is 1. The van der Waals surface area contributed by atoms with Gasteiger partial charge in [-0.25, -0.2) is 4.98 Å². The van der Waals surface area contributed by atoms with Crippen molar-refractivity contribution in [1.82, 2.24) is 4.98 Å². The van der Waals surface area contributed by atoms with Crippen LogP contribution in [0.15, 0.2) is 10.5 Å². The molecule has 0 atom stereocenters. The summed E-state index contributed by atoms with van der Waals surface area (Å²) in [5, 5.41) is 14.3. The minimum atomic E-state index is 0.245. The highest BCUT2D eigenvalue weighted by atomic mass is 32.1. The number of oxime groups is 1. The highest BCUT2D eigenvalue weighted by Gasteiger charge is 2.06. The van der Waals surface area contributed by atoms with Crippen LogP contribution in [-0.2, 0) is 6.42 Å². The summed E-state index contributed by atoms with van der Waals surface area (Å²) in [6.45, 7) is 2.78. The number of thiazole rings is 1. The number of hydrogen-bond donors (Lipinski definition) is 2. The molecule has 0 fully saturated rings. The van der Waals surface area contributed by atoms with Gasteiger partial charge in [-0.3, -0.25) is 0 Å².